The van der Waals surface area contributed by atoms with Crippen LogP contribution in [0.5, 0.6) is 0 Å². The van der Waals surface area contributed by atoms with Crippen molar-refractivity contribution >= 4 is 5.97 Å². The largest absolute Gasteiger partial charge is 0.468 e. The number of carbonyl (C=O) groups excluding carboxylic acids is 1. The van der Waals surface area contributed by atoms with Crippen LogP contribution >= 0.6 is 0 Å². The van der Waals surface area contributed by atoms with E-state index < -0.39 is 11.5 Å². The van der Waals surface area contributed by atoms with Gasteiger partial charge < -0.3 is 29.4 Å². The lowest BCUT2D eigenvalue weighted by atomic mass is 10.0. The van der Waals surface area contributed by atoms with Crippen LogP contribution in [0, 0.1) is 0 Å². The third kappa shape index (κ3) is 10.1. The van der Waals surface area contributed by atoms with Gasteiger partial charge in [-0.1, -0.05) is 0 Å². The Morgan fingerprint density at radius 3 is 1.80 bits per heavy atom. The number of esters is 1. The summed E-state index contributed by atoms with van der Waals surface area (Å²) in [6.07, 6.45) is 0.403. The first-order valence-corrected chi connectivity index (χ1v) is 6.64. The first-order chi connectivity index (χ1) is 9.54. The molecule has 20 heavy (non-hydrogen) atoms. The van der Waals surface area contributed by atoms with E-state index in [2.05, 4.69) is 4.74 Å². The Bertz CT molecular complexity index is 247. The van der Waals surface area contributed by atoms with Gasteiger partial charge in [0.2, 0.25) is 0 Å². The Balaban J connectivity index is 3.30. The molecule has 7 heteroatoms. The zero-order valence-electron chi connectivity index (χ0n) is 12.7. The van der Waals surface area contributed by atoms with Crippen molar-refractivity contribution in [3.8, 4) is 0 Å². The molecule has 0 aromatic rings. The summed E-state index contributed by atoms with van der Waals surface area (Å²) < 4.78 is 25.3. The SMILES string of the molecule is COCCOCCOCCOCCC(C)(N)C(=O)OC. The lowest BCUT2D eigenvalue weighted by Gasteiger charge is -2.20. The monoisotopic (exact) mass is 293 g/mol. The van der Waals surface area contributed by atoms with Crippen LogP contribution in [0.15, 0.2) is 0 Å². The van der Waals surface area contributed by atoms with Gasteiger partial charge in [-0.3, -0.25) is 4.79 Å². The number of carbonyl (C=O) groups is 1. The Morgan fingerprint density at radius 1 is 0.900 bits per heavy atom. The summed E-state index contributed by atoms with van der Waals surface area (Å²) in [6, 6.07) is 0. The standard InChI is InChI=1S/C13H27NO6/c1-13(14,12(15)17-3)4-5-18-8-9-20-11-10-19-7-6-16-2/h4-11,14H2,1-3H3. The highest BCUT2D eigenvalue weighted by Gasteiger charge is 2.28. The smallest absolute Gasteiger partial charge is 0.325 e. The second-order valence-electron chi connectivity index (χ2n) is 4.49. The van der Waals surface area contributed by atoms with Crippen LogP contribution in [0.25, 0.3) is 0 Å². The molecule has 0 aliphatic carbocycles. The minimum atomic E-state index is -1.01. The van der Waals surface area contributed by atoms with Crippen molar-refractivity contribution in [2.45, 2.75) is 18.9 Å². The van der Waals surface area contributed by atoms with Gasteiger partial charge in [-0.2, -0.15) is 0 Å². The molecule has 0 radical (unpaired) electrons. The predicted octanol–water partition coefficient (Wildman–Crippen LogP) is -0.0369. The molecule has 0 rings (SSSR count). The van der Waals surface area contributed by atoms with Crippen LogP contribution in [0.2, 0.25) is 0 Å². The molecule has 0 aliphatic rings. The van der Waals surface area contributed by atoms with Crippen molar-refractivity contribution in [3.63, 3.8) is 0 Å². The quantitative estimate of drug-likeness (QED) is 0.376. The predicted molar refractivity (Wildman–Crippen MR) is 73.6 cm³/mol. The van der Waals surface area contributed by atoms with Crippen molar-refractivity contribution in [2.24, 2.45) is 5.73 Å². The maximum Gasteiger partial charge on any atom is 0.325 e. The van der Waals surface area contributed by atoms with Crippen LogP contribution in [0.4, 0.5) is 0 Å². The first-order valence-electron chi connectivity index (χ1n) is 6.64. The van der Waals surface area contributed by atoms with Crippen LogP contribution in [-0.2, 0) is 28.5 Å². The average Bonchev–Trinajstić information content (AvgIpc) is 2.43. The van der Waals surface area contributed by atoms with E-state index in [4.69, 9.17) is 24.7 Å². The molecule has 0 fully saturated rings. The number of ether oxygens (including phenoxy) is 5. The highest BCUT2D eigenvalue weighted by molar-refractivity contribution is 5.79. The Kier molecular flexibility index (Phi) is 11.6. The summed E-state index contributed by atoms with van der Waals surface area (Å²) in [5, 5.41) is 0. The molecular weight excluding hydrogens is 266 g/mol. The van der Waals surface area contributed by atoms with E-state index >= 15 is 0 Å². The molecule has 0 aromatic carbocycles. The van der Waals surface area contributed by atoms with Gasteiger partial charge >= 0.3 is 5.97 Å². The Labute approximate surface area is 120 Å². The van der Waals surface area contributed by atoms with E-state index in [1.165, 1.54) is 7.11 Å². The number of nitrogens with two attached hydrogens (primary N) is 1. The molecule has 0 saturated heterocycles. The molecule has 2 N–H and O–H groups in total. The molecule has 120 valence electrons. The summed E-state index contributed by atoms with van der Waals surface area (Å²) in [5.41, 5.74) is 4.77. The second-order valence-corrected chi connectivity index (χ2v) is 4.49. The summed E-state index contributed by atoms with van der Waals surface area (Å²) in [4.78, 5) is 11.3. The van der Waals surface area contributed by atoms with Gasteiger partial charge in [-0.05, 0) is 13.3 Å². The zero-order chi connectivity index (χ0) is 15.3. The van der Waals surface area contributed by atoms with E-state index in [-0.39, 0.29) is 0 Å². The van der Waals surface area contributed by atoms with Gasteiger partial charge in [-0.15, -0.1) is 0 Å². The van der Waals surface area contributed by atoms with Gasteiger partial charge in [0.15, 0.2) is 0 Å². The molecule has 0 aliphatic heterocycles. The summed E-state index contributed by atoms with van der Waals surface area (Å²) in [7, 11) is 2.95. The maximum atomic E-state index is 11.3. The summed E-state index contributed by atoms with van der Waals surface area (Å²) >= 11 is 0. The van der Waals surface area contributed by atoms with Crippen LogP contribution in [0.3, 0.4) is 0 Å². The molecule has 0 spiro atoms. The zero-order valence-corrected chi connectivity index (χ0v) is 12.7. The number of rotatable bonds is 13. The maximum absolute atomic E-state index is 11.3. The lowest BCUT2D eigenvalue weighted by Crippen LogP contribution is -2.46. The topological polar surface area (TPSA) is 89.2 Å². The normalized spacial score (nSPS) is 14.0. The van der Waals surface area contributed by atoms with Crippen LogP contribution in [-0.4, -0.2) is 72.0 Å². The molecule has 0 aromatic heterocycles. The van der Waals surface area contributed by atoms with E-state index in [1.807, 2.05) is 0 Å². The second kappa shape index (κ2) is 12.0. The van der Waals surface area contributed by atoms with Crippen molar-refractivity contribution in [1.82, 2.24) is 0 Å². The molecule has 7 nitrogen and oxygen atoms in total. The van der Waals surface area contributed by atoms with Gasteiger partial charge in [0.25, 0.3) is 0 Å². The van der Waals surface area contributed by atoms with Crippen molar-refractivity contribution in [2.75, 3.05) is 60.5 Å². The van der Waals surface area contributed by atoms with E-state index in [9.17, 15) is 4.79 Å². The fourth-order valence-corrected chi connectivity index (χ4v) is 1.30. The molecule has 1 unspecified atom stereocenters. The number of hydrogen-bond acceptors (Lipinski definition) is 7. The van der Waals surface area contributed by atoms with Gasteiger partial charge in [-0.25, -0.2) is 0 Å². The van der Waals surface area contributed by atoms with Crippen molar-refractivity contribution < 1.29 is 28.5 Å². The van der Waals surface area contributed by atoms with Crippen LogP contribution in [0.1, 0.15) is 13.3 Å². The highest BCUT2D eigenvalue weighted by atomic mass is 16.6. The van der Waals surface area contributed by atoms with Gasteiger partial charge in [0.1, 0.15) is 5.54 Å². The number of hydrogen-bond donors (Lipinski definition) is 1. The third-order valence-electron chi connectivity index (χ3n) is 2.59. The minimum Gasteiger partial charge on any atom is -0.468 e. The molecular formula is C13H27NO6. The van der Waals surface area contributed by atoms with E-state index in [0.29, 0.717) is 52.7 Å². The minimum absolute atomic E-state index is 0.385. The fourth-order valence-electron chi connectivity index (χ4n) is 1.30. The molecule has 0 amide bonds. The fraction of sp³-hybridized carbons (Fsp3) is 0.923. The molecule has 0 bridgehead atoms. The molecule has 0 heterocycles. The molecule has 0 saturated carbocycles. The number of methoxy groups -OCH3 is 2. The van der Waals surface area contributed by atoms with Crippen molar-refractivity contribution in [1.29, 1.82) is 0 Å². The van der Waals surface area contributed by atoms with Crippen molar-refractivity contribution in [3.05, 3.63) is 0 Å². The van der Waals surface area contributed by atoms with Gasteiger partial charge in [0, 0.05) is 13.7 Å². The third-order valence-corrected chi connectivity index (χ3v) is 2.59. The van der Waals surface area contributed by atoms with E-state index in [0.717, 1.165) is 0 Å². The first kappa shape index (κ1) is 19.3. The highest BCUT2D eigenvalue weighted by Crippen LogP contribution is 2.07. The Hall–Kier alpha value is -0.730. The average molecular weight is 293 g/mol. The van der Waals surface area contributed by atoms with Gasteiger partial charge in [0.05, 0.1) is 46.8 Å². The lowest BCUT2D eigenvalue weighted by molar-refractivity contribution is -0.147. The Morgan fingerprint density at radius 2 is 1.35 bits per heavy atom. The summed E-state index contributed by atoms with van der Waals surface area (Å²) in [5.74, 6) is -0.439. The molecule has 1 atom stereocenters. The summed E-state index contributed by atoms with van der Waals surface area (Å²) in [6.45, 7) is 5.14. The van der Waals surface area contributed by atoms with E-state index in [1.54, 1.807) is 14.0 Å². The van der Waals surface area contributed by atoms with Crippen LogP contribution < -0.4 is 5.73 Å².